The maximum Gasteiger partial charge on any atom is 0.128 e. The van der Waals surface area contributed by atoms with Crippen LogP contribution in [0.25, 0.3) is 153 Å². The number of nitrogens with zero attached hydrogens (tertiary/aromatic N) is 6. The minimum absolute atomic E-state index is 0.0273. The second-order valence-electron chi connectivity index (χ2n) is 46.7. The van der Waals surface area contributed by atoms with Crippen molar-refractivity contribution in [2.75, 3.05) is 19.6 Å². The van der Waals surface area contributed by atoms with Gasteiger partial charge in [-0.05, 0) is 439 Å². The summed E-state index contributed by atoms with van der Waals surface area (Å²) >= 11 is 0. The third-order valence-corrected chi connectivity index (χ3v) is 38.7. The molecule has 0 radical (unpaired) electrons. The Balaban J connectivity index is 0.000000146. The van der Waals surface area contributed by atoms with Gasteiger partial charge in [-0.2, -0.15) is 0 Å². The van der Waals surface area contributed by atoms with E-state index >= 15 is 17.6 Å². The van der Waals surface area contributed by atoms with Crippen molar-refractivity contribution < 1.29 is 17.6 Å². The van der Waals surface area contributed by atoms with Crippen molar-refractivity contribution in [2.24, 2.45) is 0 Å². The topological polar surface area (TPSA) is 38.7 Å². The molecule has 148 heavy (non-hydrogen) atoms. The highest BCUT2D eigenvalue weighted by atomic mass is 19.1. The first kappa shape index (κ1) is 91.9. The Morgan fingerprint density at radius 3 is 0.750 bits per heavy atom. The van der Waals surface area contributed by atoms with Crippen LogP contribution in [0.5, 0.6) is 0 Å². The van der Waals surface area contributed by atoms with E-state index in [-0.39, 0.29) is 32.7 Å². The SMILES string of the molecule is CC12CCCCC1(C)N(c1cc(F)cc(F)c1)c1ccc(-c3c4ccccc4c(-c4ccc5c(c4)C4(C)CCCCC4(C)N5c4cc(F)cc(F)c4)c4cc5c(cc34)c(-c3cccnc3)cc3ccccc35)cc12.Cc1cc(C)cc(N2c3ccc(-c4c5ccccc5c(-c5ccc6c(c5)C5(C)CCCCC5(C)N6c5cc(C)cc(C)c5)c5cc6c(cc45)c(-c4cccnc4)cc4ccccc46)cc3C3(C)CCCCC23C)c1. The number of hydrogen-bond acceptors (Lipinski definition) is 6. The number of benzene rings is 18. The van der Waals surface area contributed by atoms with Crippen molar-refractivity contribution in [1.29, 1.82) is 0 Å². The van der Waals surface area contributed by atoms with Crippen LogP contribution in [0, 0.1) is 51.0 Å². The van der Waals surface area contributed by atoms with Gasteiger partial charge in [-0.1, -0.05) is 225 Å². The fraction of sp³-hybridized carbons (Fsp3) is 0.261. The molecule has 4 aliphatic heterocycles. The quantitative estimate of drug-likeness (QED) is 0.0772. The van der Waals surface area contributed by atoms with E-state index < -0.39 is 34.3 Å². The first-order chi connectivity index (χ1) is 71.6. The second-order valence-corrected chi connectivity index (χ2v) is 46.7. The van der Waals surface area contributed by atoms with E-state index in [0.717, 1.165) is 157 Å². The zero-order valence-electron chi connectivity index (χ0n) is 86.7. The molecule has 10 heteroatoms. The predicted octanol–water partition coefficient (Wildman–Crippen LogP) is 38.1. The molecule has 0 N–H and O–H groups in total. The van der Waals surface area contributed by atoms with Gasteiger partial charge in [0.25, 0.3) is 0 Å². The normalized spacial score (nSPS) is 23.1. The molecule has 0 amide bonds. The maximum absolute atomic E-state index is 15.2. The number of anilines is 8. The monoisotopic (exact) mass is 1940 g/mol. The molecular weight excluding hydrogens is 1820 g/mol. The van der Waals surface area contributed by atoms with E-state index in [0.29, 0.717) is 11.4 Å². The molecule has 0 saturated heterocycles. The van der Waals surface area contributed by atoms with Gasteiger partial charge in [-0.15, -0.1) is 0 Å². The Kier molecular flexibility index (Phi) is 20.7. The first-order valence-electron chi connectivity index (χ1n) is 53.9. The average Bonchev–Trinajstić information content (AvgIpc) is 1.57. The molecular formula is C138H122F4N6. The van der Waals surface area contributed by atoms with Crippen molar-refractivity contribution in [1.82, 2.24) is 9.97 Å². The van der Waals surface area contributed by atoms with Crippen LogP contribution < -0.4 is 19.6 Å². The number of pyridine rings is 2. The summed E-state index contributed by atoms with van der Waals surface area (Å²) in [7, 11) is 0. The van der Waals surface area contributed by atoms with Crippen LogP contribution in [0.1, 0.15) is 203 Å². The van der Waals surface area contributed by atoms with Crippen molar-refractivity contribution >= 4 is 132 Å². The lowest BCUT2D eigenvalue weighted by Gasteiger charge is -2.50. The van der Waals surface area contributed by atoms with Gasteiger partial charge in [0, 0.05) is 115 Å². The Bertz CT molecular complexity index is 8460. The van der Waals surface area contributed by atoms with Crippen LogP contribution in [0.15, 0.2) is 328 Å². The molecule has 18 aromatic carbocycles. The molecule has 0 spiro atoms. The Labute approximate surface area is 865 Å². The van der Waals surface area contributed by atoms with Crippen molar-refractivity contribution in [2.45, 2.75) is 230 Å². The summed E-state index contributed by atoms with van der Waals surface area (Å²) in [6, 6.07) is 110. The van der Waals surface area contributed by atoms with Gasteiger partial charge in [0.05, 0.1) is 22.2 Å². The minimum Gasteiger partial charge on any atom is -0.334 e. The van der Waals surface area contributed by atoms with Gasteiger partial charge < -0.3 is 19.6 Å². The van der Waals surface area contributed by atoms with Gasteiger partial charge in [0.2, 0.25) is 0 Å². The summed E-state index contributed by atoms with van der Waals surface area (Å²) in [6.45, 7) is 28.6. The highest BCUT2D eigenvalue weighted by Crippen LogP contribution is 2.68. The Morgan fingerprint density at radius 2 is 0.473 bits per heavy atom. The summed E-state index contributed by atoms with van der Waals surface area (Å²) in [5, 5.41) is 19.2. The van der Waals surface area contributed by atoms with Gasteiger partial charge >= 0.3 is 0 Å². The zero-order valence-corrected chi connectivity index (χ0v) is 86.7. The second kappa shape index (κ2) is 33.4. The Morgan fingerprint density at radius 1 is 0.216 bits per heavy atom. The van der Waals surface area contributed by atoms with Crippen LogP contribution in [0.2, 0.25) is 0 Å². The largest absolute Gasteiger partial charge is 0.334 e. The number of fused-ring (bicyclic) bond motifs is 22. The smallest absolute Gasteiger partial charge is 0.128 e. The molecule has 8 aliphatic rings. The Hall–Kier alpha value is -14.7. The molecule has 28 rings (SSSR count). The number of hydrogen-bond donors (Lipinski definition) is 0. The van der Waals surface area contributed by atoms with Crippen LogP contribution in [0.3, 0.4) is 0 Å². The van der Waals surface area contributed by atoms with Crippen LogP contribution >= 0.6 is 0 Å². The molecule has 4 fully saturated rings. The van der Waals surface area contributed by atoms with Gasteiger partial charge in [-0.3, -0.25) is 9.97 Å². The number of halogens is 4. The van der Waals surface area contributed by atoms with Crippen molar-refractivity contribution in [3.8, 4) is 66.8 Å². The van der Waals surface area contributed by atoms with Crippen LogP contribution in [-0.4, -0.2) is 32.1 Å². The fourth-order valence-corrected chi connectivity index (χ4v) is 31.0. The number of aromatic nitrogens is 2. The number of aryl methyl sites for hydroxylation is 4. The third-order valence-electron chi connectivity index (χ3n) is 38.7. The minimum atomic E-state index is -0.584. The van der Waals surface area contributed by atoms with E-state index in [1.807, 2.05) is 30.9 Å². The average molecular weight is 1940 g/mol. The maximum atomic E-state index is 15.2. The molecule has 8 atom stereocenters. The molecule has 732 valence electrons. The van der Waals surface area contributed by atoms with E-state index in [9.17, 15) is 0 Å². The summed E-state index contributed by atoms with van der Waals surface area (Å²) < 4.78 is 60.6. The van der Waals surface area contributed by atoms with Gasteiger partial charge in [0.1, 0.15) is 23.3 Å². The van der Waals surface area contributed by atoms with E-state index in [4.69, 9.17) is 0 Å². The van der Waals surface area contributed by atoms with E-state index in [1.54, 1.807) is 0 Å². The predicted molar refractivity (Wildman–Crippen MR) is 611 cm³/mol. The molecule has 6 heterocycles. The molecule has 4 saturated carbocycles. The molecule has 0 bridgehead atoms. The van der Waals surface area contributed by atoms with Crippen molar-refractivity contribution in [3.05, 3.63) is 396 Å². The zero-order chi connectivity index (χ0) is 101. The van der Waals surface area contributed by atoms with E-state index in [1.165, 1.54) is 214 Å². The lowest BCUT2D eigenvalue weighted by molar-refractivity contribution is 0.195. The highest BCUT2D eigenvalue weighted by molar-refractivity contribution is 6.29. The lowest BCUT2D eigenvalue weighted by Crippen LogP contribution is -2.54. The number of rotatable bonds is 10. The first-order valence-corrected chi connectivity index (χ1v) is 53.9. The fourth-order valence-electron chi connectivity index (χ4n) is 31.0. The van der Waals surface area contributed by atoms with Gasteiger partial charge in [0.15, 0.2) is 0 Å². The van der Waals surface area contributed by atoms with Crippen LogP contribution in [0.4, 0.5) is 63.1 Å². The molecule has 20 aromatic rings. The summed E-state index contributed by atoms with van der Waals surface area (Å²) in [5.74, 6) is -2.33. The highest BCUT2D eigenvalue weighted by Gasteiger charge is 2.62. The van der Waals surface area contributed by atoms with Crippen molar-refractivity contribution in [3.63, 3.8) is 0 Å². The van der Waals surface area contributed by atoms with Crippen LogP contribution in [-0.2, 0) is 21.7 Å². The molecule has 8 unspecified atom stereocenters. The summed E-state index contributed by atoms with van der Waals surface area (Å²) in [4.78, 5) is 19.2. The summed E-state index contributed by atoms with van der Waals surface area (Å²) in [6.07, 6.45) is 25.2. The third kappa shape index (κ3) is 13.3. The molecule has 4 aliphatic carbocycles. The standard InChI is InChI=1S/C71H67N3.C67H55F4N3/c1-44-32-45(2)35-52(34-44)73-64-25-23-49(39-62(64)68(5)27-13-15-29-70(68,73)7)66-55-21-11-12-22-56(55)67(61-42-59-57(51-19-17-31-72-43-51)38-48-18-9-10-20-54(48)58(59)41-60(61)66)50-24-26-65-63(40-50)69(6)28-14-16-30-71(69,8)74(65)53-36-46(3)33-47(4)37-53;1-64-23-9-11-25-66(64,3)73(48-33-44(68)31-45(69)34-48)60-21-19-41(29-58(60)64)62-51-17-7-8-18-52(51)63(57-38-55-53(43-15-13-27-72-39-43)28-40-14-5-6-16-50(40)54(55)37-56(57)62)42-20-22-61-59(30-42)65(2)24-10-12-26-67(65,4)74(61)49-35-46(70)32-47(71)36-49/h9-12,17-26,31-43H,13-16,27-30H2,1-8H3;5-8,13-22,27-39H,9-12,23-26H2,1-4H3. The molecule has 6 nitrogen and oxygen atoms in total. The lowest BCUT2D eigenvalue weighted by atomic mass is 9.61. The van der Waals surface area contributed by atoms with E-state index in [2.05, 4.69) is 374 Å². The van der Waals surface area contributed by atoms with Gasteiger partial charge in [-0.25, -0.2) is 17.6 Å². The molecule has 2 aromatic heterocycles. The summed E-state index contributed by atoms with van der Waals surface area (Å²) in [5.41, 5.74) is 31.5.